The Bertz CT molecular complexity index is 871. The molecule has 2 aromatic rings. The van der Waals surface area contributed by atoms with Crippen LogP contribution in [-0.2, 0) is 16.0 Å². The third-order valence-electron chi connectivity index (χ3n) is 4.10. The fourth-order valence-corrected chi connectivity index (χ4v) is 2.80. The lowest BCUT2D eigenvalue weighted by atomic mass is 10.0. The first-order valence-corrected chi connectivity index (χ1v) is 8.78. The second kappa shape index (κ2) is 8.03. The van der Waals surface area contributed by atoms with Crippen LogP contribution in [0, 0.1) is 5.92 Å². The topological polar surface area (TPSA) is 81.7 Å². The zero-order valence-corrected chi connectivity index (χ0v) is 15.3. The highest BCUT2D eigenvalue weighted by molar-refractivity contribution is 6.02. The first-order chi connectivity index (χ1) is 12.9. The molecule has 0 bridgehead atoms. The molecule has 0 atom stereocenters. The zero-order chi connectivity index (χ0) is 19.4. The number of benzene rings is 2. The monoisotopic (exact) mass is 367 g/mol. The van der Waals surface area contributed by atoms with Crippen molar-refractivity contribution in [3.63, 3.8) is 0 Å². The van der Waals surface area contributed by atoms with Crippen LogP contribution in [0.5, 0.6) is 5.75 Å². The Hall–Kier alpha value is -3.15. The van der Waals surface area contributed by atoms with Crippen LogP contribution in [0.2, 0.25) is 0 Å². The van der Waals surface area contributed by atoms with E-state index in [4.69, 9.17) is 9.47 Å². The number of hydrogen-bond acceptors (Lipinski definition) is 5. The van der Waals surface area contributed by atoms with E-state index in [0.29, 0.717) is 28.5 Å². The molecule has 0 saturated carbocycles. The highest BCUT2D eigenvalue weighted by atomic mass is 16.5. The van der Waals surface area contributed by atoms with Gasteiger partial charge in [-0.15, -0.1) is 0 Å². The van der Waals surface area contributed by atoms with Crippen LogP contribution >= 0.6 is 0 Å². The Morgan fingerprint density at radius 1 is 1.11 bits per heavy atom. The van der Waals surface area contributed by atoms with E-state index >= 15 is 0 Å². The fraction of sp³-hybridized carbons (Fsp3) is 0.286. The van der Waals surface area contributed by atoms with Gasteiger partial charge in [0.2, 0.25) is 0 Å². The molecule has 0 aromatic heterocycles. The Labute approximate surface area is 157 Å². The number of nitrogens with one attached hydrogen (secondary N) is 1. The van der Waals surface area contributed by atoms with Gasteiger partial charge in [0.15, 0.2) is 19.0 Å². The van der Waals surface area contributed by atoms with Crippen molar-refractivity contribution in [2.24, 2.45) is 5.92 Å². The Morgan fingerprint density at radius 2 is 1.81 bits per heavy atom. The van der Waals surface area contributed by atoms with Gasteiger partial charge in [-0.25, -0.2) is 4.79 Å². The number of amides is 1. The third kappa shape index (κ3) is 4.73. The summed E-state index contributed by atoms with van der Waals surface area (Å²) in [5.74, 6) is -0.146. The maximum Gasteiger partial charge on any atom is 0.338 e. The summed E-state index contributed by atoms with van der Waals surface area (Å²) in [5, 5.41) is 2.64. The molecule has 0 fully saturated rings. The van der Waals surface area contributed by atoms with Gasteiger partial charge in [-0.1, -0.05) is 26.0 Å². The number of carbonyl (C=O) groups excluding carboxylic acids is 3. The first kappa shape index (κ1) is 18.6. The van der Waals surface area contributed by atoms with Crippen molar-refractivity contribution in [1.29, 1.82) is 0 Å². The quantitative estimate of drug-likeness (QED) is 0.626. The number of anilines is 1. The number of ketones is 1. The molecule has 0 saturated heterocycles. The number of rotatable bonds is 6. The number of Topliss-reactive ketones (excluding diaryl/α,β-unsaturated/α-hetero) is 1. The van der Waals surface area contributed by atoms with Gasteiger partial charge in [-0.3, -0.25) is 9.59 Å². The van der Waals surface area contributed by atoms with Crippen molar-refractivity contribution in [2.75, 3.05) is 18.5 Å². The summed E-state index contributed by atoms with van der Waals surface area (Å²) in [7, 11) is 0. The van der Waals surface area contributed by atoms with E-state index in [2.05, 4.69) is 19.2 Å². The van der Waals surface area contributed by atoms with Crippen LogP contribution in [-0.4, -0.2) is 30.9 Å². The van der Waals surface area contributed by atoms with Crippen LogP contribution in [0.15, 0.2) is 42.5 Å². The summed E-state index contributed by atoms with van der Waals surface area (Å²) in [6, 6.07) is 11.9. The second-order valence-corrected chi connectivity index (χ2v) is 6.84. The molecule has 6 nitrogen and oxygen atoms in total. The van der Waals surface area contributed by atoms with Crippen molar-refractivity contribution >= 4 is 23.3 Å². The van der Waals surface area contributed by atoms with Crippen LogP contribution in [0.1, 0.15) is 40.1 Å². The molecule has 140 valence electrons. The second-order valence-electron chi connectivity index (χ2n) is 6.84. The molecule has 1 N–H and O–H groups in total. The van der Waals surface area contributed by atoms with Crippen LogP contribution in [0.4, 0.5) is 5.69 Å². The molecule has 27 heavy (non-hydrogen) atoms. The van der Waals surface area contributed by atoms with Crippen molar-refractivity contribution in [1.82, 2.24) is 0 Å². The minimum absolute atomic E-state index is 0.0478. The standard InChI is InChI=1S/C21H21NO5/c1-13(2)9-14-3-5-15(6-4-14)21(25)27-11-18(23)16-7-8-19-17(10-16)22-20(24)12-26-19/h3-8,10,13H,9,11-12H2,1-2H3,(H,22,24). The molecule has 1 heterocycles. The minimum Gasteiger partial charge on any atom is -0.482 e. The molecule has 0 spiro atoms. The normalized spacial score (nSPS) is 12.8. The molecule has 6 heteroatoms. The lowest BCUT2D eigenvalue weighted by Crippen LogP contribution is -2.25. The van der Waals surface area contributed by atoms with Crippen molar-refractivity contribution < 1.29 is 23.9 Å². The first-order valence-electron chi connectivity index (χ1n) is 8.78. The van der Waals surface area contributed by atoms with Crippen LogP contribution in [0.3, 0.4) is 0 Å². The van der Waals surface area contributed by atoms with E-state index in [1.54, 1.807) is 24.3 Å². The molecule has 1 aliphatic rings. The van der Waals surface area contributed by atoms with E-state index in [0.717, 1.165) is 12.0 Å². The lowest BCUT2D eigenvalue weighted by molar-refractivity contribution is -0.118. The zero-order valence-electron chi connectivity index (χ0n) is 15.3. The summed E-state index contributed by atoms with van der Waals surface area (Å²) in [5.41, 5.74) is 2.32. The van der Waals surface area contributed by atoms with Gasteiger partial charge in [-0.05, 0) is 48.2 Å². The highest BCUT2D eigenvalue weighted by Crippen LogP contribution is 2.28. The third-order valence-corrected chi connectivity index (χ3v) is 4.10. The maximum atomic E-state index is 12.3. The number of esters is 1. The van der Waals surface area contributed by atoms with E-state index in [-0.39, 0.29) is 24.9 Å². The van der Waals surface area contributed by atoms with Gasteiger partial charge in [0.05, 0.1) is 11.3 Å². The molecule has 1 aliphatic heterocycles. The van der Waals surface area contributed by atoms with E-state index in [1.807, 2.05) is 12.1 Å². The lowest BCUT2D eigenvalue weighted by Gasteiger charge is -2.18. The highest BCUT2D eigenvalue weighted by Gasteiger charge is 2.18. The fourth-order valence-electron chi connectivity index (χ4n) is 2.80. The van der Waals surface area contributed by atoms with E-state index in [9.17, 15) is 14.4 Å². The predicted molar refractivity (Wildman–Crippen MR) is 100 cm³/mol. The summed E-state index contributed by atoms with van der Waals surface area (Å²) in [4.78, 5) is 35.8. The smallest absolute Gasteiger partial charge is 0.338 e. The van der Waals surface area contributed by atoms with Crippen molar-refractivity contribution in [3.05, 3.63) is 59.2 Å². The maximum absolute atomic E-state index is 12.3. The molecule has 0 radical (unpaired) electrons. The molecule has 3 rings (SSSR count). The Kier molecular flexibility index (Phi) is 5.54. The molecular weight excluding hydrogens is 346 g/mol. The van der Waals surface area contributed by atoms with E-state index in [1.165, 1.54) is 6.07 Å². The largest absolute Gasteiger partial charge is 0.482 e. The predicted octanol–water partition coefficient (Wildman–Crippen LogP) is 3.26. The van der Waals surface area contributed by atoms with Crippen molar-refractivity contribution in [2.45, 2.75) is 20.3 Å². The number of fused-ring (bicyclic) bond motifs is 1. The molecular formula is C21H21NO5. The van der Waals surface area contributed by atoms with Gasteiger partial charge in [-0.2, -0.15) is 0 Å². The molecule has 0 aliphatic carbocycles. The van der Waals surface area contributed by atoms with Gasteiger partial charge in [0.1, 0.15) is 5.75 Å². The summed E-state index contributed by atoms with van der Waals surface area (Å²) < 4.78 is 10.4. The minimum atomic E-state index is -0.547. The number of carbonyl (C=O) groups is 3. The number of ether oxygens (including phenoxy) is 2. The Balaban J connectivity index is 1.59. The average Bonchev–Trinajstić information content (AvgIpc) is 2.65. The summed E-state index contributed by atoms with van der Waals surface area (Å²) >= 11 is 0. The Morgan fingerprint density at radius 3 is 2.52 bits per heavy atom. The van der Waals surface area contributed by atoms with Gasteiger partial charge < -0.3 is 14.8 Å². The molecule has 1 amide bonds. The molecule has 2 aromatic carbocycles. The van der Waals surface area contributed by atoms with Crippen LogP contribution < -0.4 is 10.1 Å². The summed E-state index contributed by atoms with van der Waals surface area (Å²) in [6.45, 7) is 3.84. The average molecular weight is 367 g/mol. The van der Waals surface area contributed by atoms with Gasteiger partial charge >= 0.3 is 5.97 Å². The molecule has 0 unspecified atom stereocenters. The van der Waals surface area contributed by atoms with Gasteiger partial charge in [0, 0.05) is 5.56 Å². The van der Waals surface area contributed by atoms with Crippen molar-refractivity contribution in [3.8, 4) is 5.75 Å². The number of hydrogen-bond donors (Lipinski definition) is 1. The van der Waals surface area contributed by atoms with Crippen LogP contribution in [0.25, 0.3) is 0 Å². The van der Waals surface area contributed by atoms with Gasteiger partial charge in [0.25, 0.3) is 5.91 Å². The van der Waals surface area contributed by atoms with E-state index < -0.39 is 5.97 Å². The SMILES string of the molecule is CC(C)Cc1ccc(C(=O)OCC(=O)c2ccc3c(c2)NC(=O)CO3)cc1. The summed E-state index contributed by atoms with van der Waals surface area (Å²) in [6.07, 6.45) is 0.937.